The predicted octanol–water partition coefficient (Wildman–Crippen LogP) is 3.43. The molecule has 1 aliphatic heterocycles. The number of nitrogens with one attached hydrogen (secondary N) is 1. The second kappa shape index (κ2) is 10.3. The van der Waals surface area contributed by atoms with E-state index in [0.717, 1.165) is 22.4 Å². The van der Waals surface area contributed by atoms with Crippen molar-refractivity contribution in [3.05, 3.63) is 65.2 Å². The van der Waals surface area contributed by atoms with E-state index < -0.39 is 10.0 Å². The van der Waals surface area contributed by atoms with E-state index in [1.54, 1.807) is 0 Å². The van der Waals surface area contributed by atoms with Gasteiger partial charge in [-0.25, -0.2) is 12.7 Å². The van der Waals surface area contributed by atoms with Crippen LogP contribution in [0, 0.1) is 19.8 Å². The Morgan fingerprint density at radius 2 is 1.84 bits per heavy atom. The van der Waals surface area contributed by atoms with Crippen LogP contribution in [0.2, 0.25) is 0 Å². The molecule has 1 aliphatic rings. The number of benzene rings is 2. The lowest BCUT2D eigenvalue weighted by Crippen LogP contribution is -2.46. The van der Waals surface area contributed by atoms with Crippen LogP contribution >= 0.6 is 0 Å². The molecule has 6 nitrogen and oxygen atoms in total. The van der Waals surface area contributed by atoms with E-state index in [2.05, 4.69) is 5.32 Å². The molecular weight excluding hydrogens is 412 g/mol. The zero-order valence-electron chi connectivity index (χ0n) is 18.5. The smallest absolute Gasteiger partial charge is 0.223 e. The van der Waals surface area contributed by atoms with E-state index in [4.69, 9.17) is 4.74 Å². The summed E-state index contributed by atoms with van der Waals surface area (Å²) in [4.78, 5) is 12.6. The molecule has 2 aromatic rings. The van der Waals surface area contributed by atoms with E-state index in [0.29, 0.717) is 32.5 Å². The van der Waals surface area contributed by atoms with Gasteiger partial charge in [-0.3, -0.25) is 4.79 Å². The Balaban J connectivity index is 1.46. The minimum Gasteiger partial charge on any atom is -0.491 e. The number of hydrogen-bond donors (Lipinski definition) is 1. The van der Waals surface area contributed by atoms with Gasteiger partial charge in [0.1, 0.15) is 12.4 Å². The first-order valence-corrected chi connectivity index (χ1v) is 12.4. The quantitative estimate of drug-likeness (QED) is 0.677. The zero-order valence-corrected chi connectivity index (χ0v) is 19.3. The molecule has 1 amide bonds. The van der Waals surface area contributed by atoms with Crippen LogP contribution in [-0.2, 0) is 20.6 Å². The molecule has 1 heterocycles. The maximum Gasteiger partial charge on any atom is 0.223 e. The maximum absolute atomic E-state index is 12.8. The van der Waals surface area contributed by atoms with Crippen LogP contribution in [0.3, 0.4) is 0 Å². The van der Waals surface area contributed by atoms with E-state index >= 15 is 0 Å². The molecular formula is C24H32N2O4S. The fourth-order valence-corrected chi connectivity index (χ4v) is 5.39. The van der Waals surface area contributed by atoms with Crippen LogP contribution in [0.4, 0.5) is 0 Å². The molecule has 0 spiro atoms. The zero-order chi connectivity index (χ0) is 22.4. The van der Waals surface area contributed by atoms with E-state index in [1.165, 1.54) is 4.31 Å². The summed E-state index contributed by atoms with van der Waals surface area (Å²) in [7, 11) is -3.39. The number of nitrogens with zero attached hydrogens (tertiary/aromatic N) is 1. The van der Waals surface area contributed by atoms with E-state index in [1.807, 2.05) is 69.3 Å². The van der Waals surface area contributed by atoms with Crippen molar-refractivity contribution in [2.75, 3.05) is 19.7 Å². The van der Waals surface area contributed by atoms with Gasteiger partial charge < -0.3 is 10.1 Å². The van der Waals surface area contributed by atoms with Gasteiger partial charge in [-0.15, -0.1) is 0 Å². The fourth-order valence-electron chi connectivity index (χ4n) is 3.84. The Hall–Kier alpha value is -2.38. The second-order valence-electron chi connectivity index (χ2n) is 8.40. The molecule has 0 aliphatic carbocycles. The Morgan fingerprint density at radius 3 is 2.52 bits per heavy atom. The second-order valence-corrected chi connectivity index (χ2v) is 10.4. The summed E-state index contributed by atoms with van der Waals surface area (Å²) in [5.41, 5.74) is 2.89. The molecule has 168 valence electrons. The average molecular weight is 445 g/mol. The highest BCUT2D eigenvalue weighted by molar-refractivity contribution is 7.88. The number of sulfonamides is 1. The molecule has 0 radical (unpaired) electrons. The summed E-state index contributed by atoms with van der Waals surface area (Å²) in [6, 6.07) is 15.2. The van der Waals surface area contributed by atoms with Gasteiger partial charge in [0, 0.05) is 19.0 Å². The largest absolute Gasteiger partial charge is 0.491 e. The van der Waals surface area contributed by atoms with Crippen LogP contribution in [0.5, 0.6) is 5.75 Å². The predicted molar refractivity (Wildman–Crippen MR) is 122 cm³/mol. The van der Waals surface area contributed by atoms with Crippen LogP contribution in [0.1, 0.15) is 36.5 Å². The molecule has 1 N–H and O–H groups in total. The van der Waals surface area contributed by atoms with Crippen molar-refractivity contribution in [2.24, 2.45) is 5.92 Å². The monoisotopic (exact) mass is 444 g/mol. The first-order chi connectivity index (χ1) is 14.7. The average Bonchev–Trinajstić information content (AvgIpc) is 2.73. The minimum absolute atomic E-state index is 0.00117. The molecule has 1 fully saturated rings. The standard InChI is InChI=1S/C24H32N2O4S/c1-18-7-6-9-21(15-18)17-31(28,29)26-13-11-22(12-14-26)24(27)25-20(3)16-30-23-10-5-4-8-19(23)2/h4-10,15,20,22H,11-14,16-17H2,1-3H3,(H,25,27). The van der Waals surface area contributed by atoms with Gasteiger partial charge in [0.25, 0.3) is 0 Å². The Morgan fingerprint density at radius 1 is 1.13 bits per heavy atom. The molecule has 0 bridgehead atoms. The number of carbonyl (C=O) groups is 1. The topological polar surface area (TPSA) is 75.7 Å². The van der Waals surface area contributed by atoms with Crippen molar-refractivity contribution in [3.8, 4) is 5.75 Å². The molecule has 7 heteroatoms. The molecule has 1 unspecified atom stereocenters. The highest BCUT2D eigenvalue weighted by Crippen LogP contribution is 2.22. The Kier molecular flexibility index (Phi) is 7.73. The summed E-state index contributed by atoms with van der Waals surface area (Å²) < 4.78 is 32.9. The van der Waals surface area contributed by atoms with E-state index in [-0.39, 0.29) is 23.6 Å². The number of piperidine rings is 1. The van der Waals surface area contributed by atoms with Gasteiger partial charge in [0.15, 0.2) is 0 Å². The number of ether oxygens (including phenoxy) is 1. The normalized spacial score (nSPS) is 16.6. The van der Waals surface area contributed by atoms with Crippen molar-refractivity contribution in [1.29, 1.82) is 0 Å². The molecule has 31 heavy (non-hydrogen) atoms. The summed E-state index contributed by atoms with van der Waals surface area (Å²) in [5.74, 6) is 0.609. The lowest BCUT2D eigenvalue weighted by molar-refractivity contribution is -0.126. The van der Waals surface area contributed by atoms with Crippen LogP contribution in [0.15, 0.2) is 48.5 Å². The number of carbonyl (C=O) groups excluding carboxylic acids is 1. The van der Waals surface area contributed by atoms with Crippen molar-refractivity contribution in [1.82, 2.24) is 9.62 Å². The molecule has 1 atom stereocenters. The highest BCUT2D eigenvalue weighted by Gasteiger charge is 2.31. The van der Waals surface area contributed by atoms with Gasteiger partial charge >= 0.3 is 0 Å². The molecule has 1 saturated heterocycles. The maximum atomic E-state index is 12.8. The molecule has 0 saturated carbocycles. The lowest BCUT2D eigenvalue weighted by Gasteiger charge is -2.31. The number of para-hydroxylation sites is 1. The van der Waals surface area contributed by atoms with Gasteiger partial charge in [-0.05, 0) is 50.8 Å². The third-order valence-electron chi connectivity index (χ3n) is 5.62. The van der Waals surface area contributed by atoms with E-state index in [9.17, 15) is 13.2 Å². The van der Waals surface area contributed by atoms with Crippen molar-refractivity contribution in [2.45, 2.75) is 45.4 Å². The Bertz CT molecular complexity index is 998. The first kappa shape index (κ1) is 23.3. The van der Waals surface area contributed by atoms with Crippen molar-refractivity contribution >= 4 is 15.9 Å². The SMILES string of the molecule is Cc1cccc(CS(=O)(=O)N2CCC(C(=O)NC(C)COc3ccccc3C)CC2)c1. The number of aryl methyl sites for hydroxylation is 2. The molecule has 2 aromatic carbocycles. The van der Waals surface area contributed by atoms with Gasteiger partial charge in [0.2, 0.25) is 15.9 Å². The Labute approximate surface area is 185 Å². The summed E-state index contributed by atoms with van der Waals surface area (Å²) >= 11 is 0. The number of rotatable bonds is 8. The highest BCUT2D eigenvalue weighted by atomic mass is 32.2. The fraction of sp³-hybridized carbons (Fsp3) is 0.458. The summed E-state index contributed by atoms with van der Waals surface area (Å²) in [6.45, 7) is 6.99. The van der Waals surface area contributed by atoms with Gasteiger partial charge in [0.05, 0.1) is 11.8 Å². The molecule has 3 rings (SSSR count). The summed E-state index contributed by atoms with van der Waals surface area (Å²) in [6.07, 6.45) is 1.06. The van der Waals surface area contributed by atoms with Crippen molar-refractivity contribution < 1.29 is 17.9 Å². The van der Waals surface area contributed by atoms with Crippen LogP contribution in [-0.4, -0.2) is 44.4 Å². The lowest BCUT2D eigenvalue weighted by atomic mass is 9.97. The third-order valence-corrected chi connectivity index (χ3v) is 7.47. The van der Waals surface area contributed by atoms with Crippen LogP contribution in [0.25, 0.3) is 0 Å². The summed E-state index contributed by atoms with van der Waals surface area (Å²) in [5, 5.41) is 3.01. The number of amides is 1. The third kappa shape index (κ3) is 6.55. The van der Waals surface area contributed by atoms with Crippen LogP contribution < -0.4 is 10.1 Å². The first-order valence-electron chi connectivity index (χ1n) is 10.8. The number of hydrogen-bond acceptors (Lipinski definition) is 4. The molecule has 0 aromatic heterocycles. The van der Waals surface area contributed by atoms with Crippen molar-refractivity contribution in [3.63, 3.8) is 0 Å². The van der Waals surface area contributed by atoms with Gasteiger partial charge in [-0.2, -0.15) is 0 Å². The van der Waals surface area contributed by atoms with Gasteiger partial charge in [-0.1, -0.05) is 48.0 Å². The minimum atomic E-state index is -3.39.